The van der Waals surface area contributed by atoms with Gasteiger partial charge in [0.25, 0.3) is 0 Å². The summed E-state index contributed by atoms with van der Waals surface area (Å²) in [5, 5.41) is 23.5. The van der Waals surface area contributed by atoms with E-state index in [9.17, 15) is 9.50 Å². The molecule has 238 valence electrons. The zero-order chi connectivity index (χ0) is 31.9. The maximum Gasteiger partial charge on any atom is 0.226 e. The maximum atomic E-state index is 14.9. The third-order valence-electron chi connectivity index (χ3n) is 7.80. The van der Waals surface area contributed by atoms with E-state index in [1.54, 1.807) is 43.3 Å². The number of nitrogens with zero attached hydrogens (tertiary/aromatic N) is 7. The average Bonchev–Trinajstić information content (AvgIpc) is 3.63. The van der Waals surface area contributed by atoms with Crippen LogP contribution in [0.1, 0.15) is 37.0 Å². The summed E-state index contributed by atoms with van der Waals surface area (Å²) >= 11 is 0. The van der Waals surface area contributed by atoms with Crippen LogP contribution >= 0.6 is 0 Å². The molecule has 0 radical (unpaired) electrons. The minimum absolute atomic E-state index is 0.0774. The first-order valence-corrected chi connectivity index (χ1v) is 14.6. The number of benzene rings is 2. The monoisotopic (exact) mass is 620 g/mol. The number of aliphatic hydroxyl groups is 1. The fourth-order valence-electron chi connectivity index (χ4n) is 5.50. The molecule has 0 aliphatic carbocycles. The lowest BCUT2D eigenvalue weighted by molar-refractivity contribution is 0.0341. The molecule has 6 rings (SSSR count). The number of rotatable bonds is 10. The molecule has 0 amide bonds. The molecule has 3 aromatic heterocycles. The lowest BCUT2D eigenvalue weighted by Crippen LogP contribution is -2.39. The van der Waals surface area contributed by atoms with Crippen molar-refractivity contribution in [3.05, 3.63) is 59.4 Å². The molecule has 1 aliphatic rings. The molecular formula is C31H37FN8O5. The van der Waals surface area contributed by atoms with E-state index in [1.165, 1.54) is 13.2 Å². The van der Waals surface area contributed by atoms with Gasteiger partial charge >= 0.3 is 0 Å². The van der Waals surface area contributed by atoms with Gasteiger partial charge in [0.1, 0.15) is 17.6 Å². The predicted molar refractivity (Wildman–Crippen MR) is 166 cm³/mol. The standard InChI is InChI=1S/C31H37FN8O5/c1-18-24(15-34-39(18)17-31(2,3)41)38-9-10-45-27(16-38)28-36-29-21-12-22(32)26(44-6)13-23(21)35-30(40(29)37-28)33-14-19-7-8-20(42-4)11-25(19)43-5/h7-8,11-13,15,27,41H,9-10,14,16-17H2,1-6H3,(H,33,35)/t27-/m1/s1. The molecule has 2 aromatic carbocycles. The lowest BCUT2D eigenvalue weighted by Gasteiger charge is -2.33. The third-order valence-corrected chi connectivity index (χ3v) is 7.80. The van der Waals surface area contributed by atoms with Gasteiger partial charge in [-0.05, 0) is 39.0 Å². The Morgan fingerprint density at radius 1 is 1.09 bits per heavy atom. The van der Waals surface area contributed by atoms with E-state index in [1.807, 2.05) is 31.3 Å². The number of aromatic nitrogens is 6. The largest absolute Gasteiger partial charge is 0.497 e. The summed E-state index contributed by atoms with van der Waals surface area (Å²) in [6, 6.07) is 8.48. The Balaban J connectivity index is 1.36. The van der Waals surface area contributed by atoms with Gasteiger partial charge in [-0.1, -0.05) is 0 Å². The van der Waals surface area contributed by atoms with Gasteiger partial charge in [-0.3, -0.25) is 4.68 Å². The summed E-state index contributed by atoms with van der Waals surface area (Å²) in [7, 11) is 4.61. The molecule has 1 aliphatic heterocycles. The molecule has 0 spiro atoms. The second-order valence-corrected chi connectivity index (χ2v) is 11.6. The highest BCUT2D eigenvalue weighted by Gasteiger charge is 2.29. The fourth-order valence-corrected chi connectivity index (χ4v) is 5.50. The molecule has 13 nitrogen and oxygen atoms in total. The number of fused-ring (bicyclic) bond motifs is 3. The minimum atomic E-state index is -0.896. The van der Waals surface area contributed by atoms with Crippen LogP contribution < -0.4 is 24.4 Å². The SMILES string of the molecule is COc1ccc(CNc2nc3cc(OC)c(F)cc3c3nc([C@H]4CN(c5cnn(CC(C)(C)O)c5C)CCO4)nn23)c(OC)c1. The van der Waals surface area contributed by atoms with Crippen LogP contribution in [0.15, 0.2) is 36.5 Å². The Morgan fingerprint density at radius 3 is 2.62 bits per heavy atom. The van der Waals surface area contributed by atoms with Crippen molar-refractivity contribution in [1.82, 2.24) is 29.4 Å². The van der Waals surface area contributed by atoms with E-state index < -0.39 is 17.5 Å². The zero-order valence-electron chi connectivity index (χ0n) is 26.2. The molecule has 5 aromatic rings. The van der Waals surface area contributed by atoms with Crippen molar-refractivity contribution in [2.45, 2.75) is 45.6 Å². The summed E-state index contributed by atoms with van der Waals surface area (Å²) in [5.74, 6) is 1.72. The van der Waals surface area contributed by atoms with E-state index >= 15 is 0 Å². The van der Waals surface area contributed by atoms with Crippen LogP contribution in [0.25, 0.3) is 16.6 Å². The quantitative estimate of drug-likeness (QED) is 0.235. The Kier molecular flexibility index (Phi) is 8.10. The van der Waals surface area contributed by atoms with Crippen molar-refractivity contribution < 1.29 is 28.4 Å². The number of methoxy groups -OCH3 is 3. The van der Waals surface area contributed by atoms with Crippen LogP contribution in [0.3, 0.4) is 0 Å². The van der Waals surface area contributed by atoms with Crippen LogP contribution in [0, 0.1) is 12.7 Å². The van der Waals surface area contributed by atoms with Crippen LogP contribution in [0.2, 0.25) is 0 Å². The summed E-state index contributed by atoms with van der Waals surface area (Å²) in [6.07, 6.45) is 1.34. The molecule has 1 fully saturated rings. The lowest BCUT2D eigenvalue weighted by atomic mass is 10.1. The molecule has 1 atom stereocenters. The summed E-state index contributed by atoms with van der Waals surface area (Å²) in [4.78, 5) is 11.8. The zero-order valence-corrected chi connectivity index (χ0v) is 26.2. The molecule has 0 bridgehead atoms. The number of hydrogen-bond donors (Lipinski definition) is 2. The Morgan fingerprint density at radius 2 is 1.89 bits per heavy atom. The first-order valence-electron chi connectivity index (χ1n) is 14.6. The highest BCUT2D eigenvalue weighted by atomic mass is 19.1. The summed E-state index contributed by atoms with van der Waals surface area (Å²) in [5.41, 5.74) is 2.79. The van der Waals surface area contributed by atoms with Crippen LogP contribution in [0.4, 0.5) is 16.0 Å². The predicted octanol–water partition coefficient (Wildman–Crippen LogP) is 3.91. The highest BCUT2D eigenvalue weighted by Crippen LogP contribution is 2.32. The minimum Gasteiger partial charge on any atom is -0.497 e. The van der Waals surface area contributed by atoms with E-state index in [0.717, 1.165) is 16.9 Å². The van der Waals surface area contributed by atoms with Crippen molar-refractivity contribution in [3.63, 3.8) is 0 Å². The number of ether oxygens (including phenoxy) is 4. The van der Waals surface area contributed by atoms with E-state index in [-0.39, 0.29) is 5.75 Å². The van der Waals surface area contributed by atoms with Gasteiger partial charge in [-0.15, -0.1) is 5.10 Å². The molecule has 0 unspecified atom stereocenters. The van der Waals surface area contributed by atoms with Crippen molar-refractivity contribution >= 4 is 28.2 Å². The number of morpholine rings is 1. The average molecular weight is 621 g/mol. The first kappa shape index (κ1) is 30.3. The fraction of sp³-hybridized carbons (Fsp3) is 0.419. The summed E-state index contributed by atoms with van der Waals surface area (Å²) in [6.45, 7) is 7.81. The Bertz CT molecular complexity index is 1850. The van der Waals surface area contributed by atoms with Gasteiger partial charge in [0.05, 0.1) is 69.7 Å². The van der Waals surface area contributed by atoms with Crippen molar-refractivity contribution in [2.24, 2.45) is 0 Å². The molecular weight excluding hydrogens is 583 g/mol. The Labute approximate surface area is 259 Å². The van der Waals surface area contributed by atoms with Crippen LogP contribution in [-0.2, 0) is 17.8 Å². The number of anilines is 2. The Hall–Kier alpha value is -4.69. The second-order valence-electron chi connectivity index (χ2n) is 11.6. The van der Waals surface area contributed by atoms with Crippen molar-refractivity contribution in [2.75, 3.05) is 51.2 Å². The third kappa shape index (κ3) is 6.02. The molecule has 2 N–H and O–H groups in total. The maximum absolute atomic E-state index is 14.9. The van der Waals surface area contributed by atoms with Gasteiger partial charge in [0.2, 0.25) is 5.95 Å². The number of hydrogen-bond acceptors (Lipinski definition) is 11. The molecule has 14 heteroatoms. The number of nitrogens with one attached hydrogen (secondary N) is 1. The van der Waals surface area contributed by atoms with E-state index in [4.69, 9.17) is 34.0 Å². The molecule has 4 heterocycles. The van der Waals surface area contributed by atoms with E-state index in [2.05, 4.69) is 15.3 Å². The van der Waals surface area contributed by atoms with Gasteiger partial charge < -0.3 is 34.3 Å². The van der Waals surface area contributed by atoms with Crippen molar-refractivity contribution in [1.29, 1.82) is 0 Å². The summed E-state index contributed by atoms with van der Waals surface area (Å²) < 4.78 is 40.6. The van der Waals surface area contributed by atoms with Crippen LogP contribution in [0.5, 0.6) is 17.2 Å². The van der Waals surface area contributed by atoms with Gasteiger partial charge in [0.15, 0.2) is 23.0 Å². The van der Waals surface area contributed by atoms with E-state index in [0.29, 0.717) is 72.6 Å². The first-order chi connectivity index (χ1) is 21.6. The van der Waals surface area contributed by atoms with Gasteiger partial charge in [-0.2, -0.15) is 9.61 Å². The number of halogens is 1. The molecule has 1 saturated heterocycles. The molecule has 0 saturated carbocycles. The topological polar surface area (TPSA) is 133 Å². The molecule has 45 heavy (non-hydrogen) atoms. The smallest absolute Gasteiger partial charge is 0.226 e. The van der Waals surface area contributed by atoms with Crippen LogP contribution in [-0.4, -0.2) is 81.1 Å². The highest BCUT2D eigenvalue weighted by molar-refractivity contribution is 5.93. The normalized spacial score (nSPS) is 15.6. The van der Waals surface area contributed by atoms with Crippen molar-refractivity contribution in [3.8, 4) is 17.2 Å². The second kappa shape index (κ2) is 12.0. The van der Waals surface area contributed by atoms with Gasteiger partial charge in [-0.25, -0.2) is 14.4 Å². The van der Waals surface area contributed by atoms with Gasteiger partial charge in [0, 0.05) is 36.2 Å².